The molecule has 0 unspecified atom stereocenters. The van der Waals surface area contributed by atoms with Crippen LogP contribution >= 0.6 is 11.3 Å². The molecule has 1 aromatic carbocycles. The van der Waals surface area contributed by atoms with E-state index < -0.39 is 0 Å². The number of amides is 1. The Morgan fingerprint density at radius 1 is 1.36 bits per heavy atom. The third-order valence-electron chi connectivity index (χ3n) is 4.19. The van der Waals surface area contributed by atoms with Crippen LogP contribution in [0.25, 0.3) is 0 Å². The quantitative estimate of drug-likeness (QED) is 0.583. The number of aromatic hydroxyl groups is 1. The molecule has 8 nitrogen and oxygen atoms in total. The van der Waals surface area contributed by atoms with Crippen molar-refractivity contribution in [2.75, 3.05) is 7.11 Å². The Morgan fingerprint density at radius 3 is 2.79 bits per heavy atom. The molecule has 0 spiro atoms. The fourth-order valence-corrected chi connectivity index (χ4v) is 3.57. The van der Waals surface area contributed by atoms with Crippen LogP contribution in [0.5, 0.6) is 11.6 Å². The normalized spacial score (nSPS) is 10.7. The number of ether oxygens (including phenoxy) is 1. The number of nitrogens with zero attached hydrogens (tertiary/aromatic N) is 2. The summed E-state index contributed by atoms with van der Waals surface area (Å²) in [7, 11) is 1.56. The second-order valence-electron chi connectivity index (χ2n) is 6.21. The minimum absolute atomic E-state index is 0.115. The maximum absolute atomic E-state index is 12.5. The van der Waals surface area contributed by atoms with E-state index in [0.29, 0.717) is 34.1 Å². The molecular formula is C19H20N4O4S. The topological polar surface area (TPSA) is 117 Å². The molecule has 3 N–H and O–H groups in total. The second kappa shape index (κ2) is 8.22. The lowest BCUT2D eigenvalue weighted by atomic mass is 10.1. The number of H-pyrrole nitrogens is 1. The maximum Gasteiger partial charge on any atom is 0.307 e. The number of aromatic nitrogens is 3. The van der Waals surface area contributed by atoms with Crippen LogP contribution in [0.3, 0.4) is 0 Å². The van der Waals surface area contributed by atoms with Crippen LogP contribution in [0.2, 0.25) is 0 Å². The average molecular weight is 400 g/mol. The van der Waals surface area contributed by atoms with Crippen LogP contribution in [0.4, 0.5) is 0 Å². The van der Waals surface area contributed by atoms with E-state index in [1.54, 1.807) is 27.0 Å². The number of aromatic amines is 1. The van der Waals surface area contributed by atoms with Crippen LogP contribution in [-0.4, -0.2) is 33.1 Å². The van der Waals surface area contributed by atoms with Crippen LogP contribution < -0.4 is 14.9 Å². The molecule has 3 aromatic rings. The monoisotopic (exact) mass is 400 g/mol. The number of carbonyl (C=O) groups is 1. The predicted octanol–water partition coefficient (Wildman–Crippen LogP) is 2.08. The molecule has 9 heteroatoms. The Hall–Kier alpha value is -3.20. The van der Waals surface area contributed by atoms with Gasteiger partial charge in [-0.3, -0.25) is 14.6 Å². The first kappa shape index (κ1) is 19.6. The van der Waals surface area contributed by atoms with Crippen molar-refractivity contribution in [1.82, 2.24) is 20.3 Å². The van der Waals surface area contributed by atoms with Crippen LogP contribution in [-0.2, 0) is 13.0 Å². The second-order valence-corrected chi connectivity index (χ2v) is 7.28. The lowest BCUT2D eigenvalue weighted by molar-refractivity contribution is 0.0949. The zero-order chi connectivity index (χ0) is 20.3. The third-order valence-corrected chi connectivity index (χ3v) is 5.07. The Morgan fingerprint density at radius 2 is 2.14 bits per heavy atom. The molecule has 28 heavy (non-hydrogen) atoms. The van der Waals surface area contributed by atoms with Crippen molar-refractivity contribution in [3.63, 3.8) is 0 Å². The van der Waals surface area contributed by atoms with Gasteiger partial charge in [0, 0.05) is 24.7 Å². The number of nitrogens with one attached hydrogen (secondary N) is 2. The summed E-state index contributed by atoms with van der Waals surface area (Å²) in [5.41, 5.74) is 2.69. The van der Waals surface area contributed by atoms with Crippen LogP contribution in [0, 0.1) is 13.8 Å². The van der Waals surface area contributed by atoms with E-state index in [1.165, 1.54) is 6.20 Å². The highest BCUT2D eigenvalue weighted by atomic mass is 32.1. The molecule has 0 fully saturated rings. The number of benzene rings is 1. The van der Waals surface area contributed by atoms with Crippen molar-refractivity contribution in [2.45, 2.75) is 26.8 Å². The van der Waals surface area contributed by atoms with Gasteiger partial charge in [0.1, 0.15) is 11.6 Å². The number of hydrogen-bond acceptors (Lipinski definition) is 7. The lowest BCUT2D eigenvalue weighted by Gasteiger charge is -2.12. The Labute approximate surface area is 165 Å². The van der Waals surface area contributed by atoms with Crippen molar-refractivity contribution in [2.24, 2.45) is 0 Å². The zero-order valence-electron chi connectivity index (χ0n) is 15.7. The first-order chi connectivity index (χ1) is 13.4. The average Bonchev–Trinajstić information content (AvgIpc) is 2.96. The fourth-order valence-electron chi connectivity index (χ4n) is 2.81. The number of thiazole rings is 1. The summed E-state index contributed by atoms with van der Waals surface area (Å²) in [4.78, 5) is 34.7. The number of rotatable bonds is 6. The molecule has 0 saturated heterocycles. The van der Waals surface area contributed by atoms with Crippen molar-refractivity contribution in [3.05, 3.63) is 67.1 Å². The van der Waals surface area contributed by atoms with Crippen LogP contribution in [0.1, 0.15) is 37.9 Å². The lowest BCUT2D eigenvalue weighted by Crippen LogP contribution is -2.24. The van der Waals surface area contributed by atoms with E-state index in [2.05, 4.69) is 20.3 Å². The van der Waals surface area contributed by atoms with Gasteiger partial charge in [-0.1, -0.05) is 17.4 Å². The van der Waals surface area contributed by atoms with Gasteiger partial charge in [-0.15, -0.1) is 0 Å². The van der Waals surface area contributed by atoms with Gasteiger partial charge in [-0.05, 0) is 31.5 Å². The summed E-state index contributed by atoms with van der Waals surface area (Å²) in [5, 5.41) is 12.6. The molecular weight excluding hydrogens is 380 g/mol. The number of hydrogen-bond donors (Lipinski definition) is 3. The van der Waals surface area contributed by atoms with E-state index in [1.807, 2.05) is 12.1 Å². The standard InChI is InChI=1S/C19H20N4O4S/c1-10-14(9-20-11(2)22-10)17(24)21-8-13-6-12(4-5-15(13)27-3)7-16-18(25)23-19(26)28-16/h4-6,9,25H,7-8H2,1-3H3,(H,21,24)(H,23,26). The van der Waals surface area contributed by atoms with E-state index in [4.69, 9.17) is 4.74 Å². The highest BCUT2D eigenvalue weighted by Gasteiger charge is 2.14. The molecule has 1 amide bonds. The van der Waals surface area contributed by atoms with E-state index >= 15 is 0 Å². The van der Waals surface area contributed by atoms with Gasteiger partial charge in [-0.2, -0.15) is 0 Å². The first-order valence-corrected chi connectivity index (χ1v) is 9.34. The van der Waals surface area contributed by atoms with Gasteiger partial charge < -0.3 is 15.2 Å². The Balaban J connectivity index is 1.77. The molecule has 3 rings (SSSR count). The minimum atomic E-state index is -0.302. The number of aryl methyl sites for hydroxylation is 2. The van der Waals surface area contributed by atoms with Crippen molar-refractivity contribution in [1.29, 1.82) is 0 Å². The predicted molar refractivity (Wildman–Crippen MR) is 105 cm³/mol. The van der Waals surface area contributed by atoms with Gasteiger partial charge in [0.15, 0.2) is 0 Å². The van der Waals surface area contributed by atoms with Gasteiger partial charge in [0.05, 0.1) is 23.2 Å². The molecule has 2 aromatic heterocycles. The third kappa shape index (κ3) is 4.37. The largest absolute Gasteiger partial charge is 0.496 e. The van der Waals surface area contributed by atoms with Crippen molar-refractivity contribution in [3.8, 4) is 11.6 Å². The Bertz CT molecular complexity index is 1070. The van der Waals surface area contributed by atoms with Gasteiger partial charge in [0.2, 0.25) is 5.88 Å². The molecule has 0 bridgehead atoms. The molecule has 2 heterocycles. The summed E-state index contributed by atoms with van der Waals surface area (Å²) >= 11 is 0.967. The SMILES string of the molecule is COc1ccc(Cc2sc(=O)[nH]c2O)cc1CNC(=O)c1cnc(C)nc1C. The number of methoxy groups -OCH3 is 1. The summed E-state index contributed by atoms with van der Waals surface area (Å²) in [6, 6.07) is 5.52. The summed E-state index contributed by atoms with van der Waals surface area (Å²) in [6.07, 6.45) is 1.91. The molecule has 0 aliphatic carbocycles. The van der Waals surface area contributed by atoms with E-state index in [0.717, 1.165) is 22.5 Å². The molecule has 0 aliphatic heterocycles. The highest BCUT2D eigenvalue weighted by molar-refractivity contribution is 7.09. The molecule has 146 valence electrons. The highest BCUT2D eigenvalue weighted by Crippen LogP contribution is 2.25. The molecule has 0 aliphatic rings. The summed E-state index contributed by atoms with van der Waals surface area (Å²) < 4.78 is 5.38. The molecule has 0 atom stereocenters. The summed E-state index contributed by atoms with van der Waals surface area (Å²) in [6.45, 7) is 3.78. The maximum atomic E-state index is 12.5. The first-order valence-electron chi connectivity index (χ1n) is 8.52. The molecule has 0 saturated carbocycles. The van der Waals surface area contributed by atoms with Crippen LogP contribution in [0.15, 0.2) is 29.2 Å². The minimum Gasteiger partial charge on any atom is -0.496 e. The van der Waals surface area contributed by atoms with E-state index in [9.17, 15) is 14.7 Å². The smallest absolute Gasteiger partial charge is 0.307 e. The fraction of sp³-hybridized carbons (Fsp3) is 0.263. The molecule has 0 radical (unpaired) electrons. The van der Waals surface area contributed by atoms with Crippen molar-refractivity contribution >= 4 is 17.2 Å². The van der Waals surface area contributed by atoms with E-state index in [-0.39, 0.29) is 23.2 Å². The van der Waals surface area contributed by atoms with Crippen molar-refractivity contribution < 1.29 is 14.6 Å². The number of carbonyl (C=O) groups excluding carboxylic acids is 1. The summed E-state index contributed by atoms with van der Waals surface area (Å²) in [5.74, 6) is 0.855. The zero-order valence-corrected chi connectivity index (χ0v) is 16.5. The Kier molecular flexibility index (Phi) is 5.74. The van der Waals surface area contributed by atoms with Gasteiger partial charge in [-0.25, -0.2) is 9.97 Å². The van der Waals surface area contributed by atoms with Gasteiger partial charge >= 0.3 is 4.87 Å². The van der Waals surface area contributed by atoms with Gasteiger partial charge in [0.25, 0.3) is 5.91 Å².